The van der Waals surface area contributed by atoms with E-state index in [0.29, 0.717) is 0 Å². The molecule has 0 unspecified atom stereocenters. The van der Waals surface area contributed by atoms with Gasteiger partial charge in [-0.15, -0.1) is 0 Å². The number of esters is 1. The summed E-state index contributed by atoms with van der Waals surface area (Å²) in [5.74, 6) is -0.708. The maximum absolute atomic E-state index is 11.9. The van der Waals surface area contributed by atoms with Gasteiger partial charge in [-0.25, -0.2) is 4.79 Å². The molecule has 0 saturated heterocycles. The summed E-state index contributed by atoms with van der Waals surface area (Å²) >= 11 is 11.5. The van der Waals surface area contributed by atoms with E-state index in [9.17, 15) is 14.9 Å². The summed E-state index contributed by atoms with van der Waals surface area (Å²) in [6, 6.07) is 11.3. The van der Waals surface area contributed by atoms with E-state index >= 15 is 0 Å². The molecule has 0 fully saturated rings. The molecule has 5 nitrogen and oxygen atoms in total. The lowest BCUT2D eigenvalue weighted by molar-refractivity contribution is -0.384. The van der Waals surface area contributed by atoms with Crippen molar-refractivity contribution in [2.24, 2.45) is 0 Å². The van der Waals surface area contributed by atoms with Gasteiger partial charge in [-0.3, -0.25) is 10.1 Å². The Morgan fingerprint density at radius 2 is 1.86 bits per heavy atom. The molecule has 0 atom stereocenters. The molecule has 2 rings (SSSR count). The second-order valence-corrected chi connectivity index (χ2v) is 4.90. The first-order valence-electron chi connectivity index (χ1n) is 5.83. The predicted octanol–water partition coefficient (Wildman–Crippen LogP) is 4.26. The molecule has 21 heavy (non-hydrogen) atoms. The standard InChI is InChI=1S/C14H9Cl2NO4/c15-11-6-10(7-12(13(11)16)17(19)20)14(18)21-8-9-4-2-1-3-5-9/h1-7H,8H2. The summed E-state index contributed by atoms with van der Waals surface area (Å²) in [5, 5.41) is 10.6. The smallest absolute Gasteiger partial charge is 0.338 e. The Balaban J connectivity index is 2.18. The van der Waals surface area contributed by atoms with Crippen LogP contribution in [0.4, 0.5) is 5.69 Å². The van der Waals surface area contributed by atoms with Gasteiger partial charge >= 0.3 is 5.97 Å². The first kappa shape index (κ1) is 15.3. The van der Waals surface area contributed by atoms with Crippen LogP contribution in [0, 0.1) is 10.1 Å². The van der Waals surface area contributed by atoms with Crippen LogP contribution in [-0.2, 0) is 11.3 Å². The largest absolute Gasteiger partial charge is 0.457 e. The predicted molar refractivity (Wildman–Crippen MR) is 78.7 cm³/mol. The fourth-order valence-corrected chi connectivity index (χ4v) is 2.02. The van der Waals surface area contributed by atoms with E-state index in [4.69, 9.17) is 27.9 Å². The number of carbonyl (C=O) groups is 1. The molecule has 0 heterocycles. The zero-order chi connectivity index (χ0) is 15.4. The molecule has 0 N–H and O–H groups in total. The molecule has 108 valence electrons. The number of hydrogen-bond acceptors (Lipinski definition) is 4. The molecule has 0 amide bonds. The van der Waals surface area contributed by atoms with Gasteiger partial charge in [0, 0.05) is 6.07 Å². The van der Waals surface area contributed by atoms with Crippen LogP contribution in [0.15, 0.2) is 42.5 Å². The lowest BCUT2D eigenvalue weighted by Crippen LogP contribution is -2.06. The first-order valence-corrected chi connectivity index (χ1v) is 6.59. The topological polar surface area (TPSA) is 69.4 Å². The van der Waals surface area contributed by atoms with Crippen LogP contribution in [0.3, 0.4) is 0 Å². The molecule has 2 aromatic carbocycles. The van der Waals surface area contributed by atoms with Gasteiger partial charge in [0.1, 0.15) is 11.6 Å². The summed E-state index contributed by atoms with van der Waals surface area (Å²) in [7, 11) is 0. The van der Waals surface area contributed by atoms with E-state index in [1.54, 1.807) is 12.1 Å². The van der Waals surface area contributed by atoms with Crippen molar-refractivity contribution in [3.63, 3.8) is 0 Å². The number of nitro benzene ring substituents is 1. The van der Waals surface area contributed by atoms with E-state index in [1.807, 2.05) is 18.2 Å². The Kier molecular flexibility index (Phi) is 4.77. The van der Waals surface area contributed by atoms with Gasteiger partial charge in [0.25, 0.3) is 5.69 Å². The first-order chi connectivity index (χ1) is 9.99. The summed E-state index contributed by atoms with van der Waals surface area (Å²) in [4.78, 5) is 22.0. The van der Waals surface area contributed by atoms with Crippen LogP contribution in [0.25, 0.3) is 0 Å². The number of ether oxygens (including phenoxy) is 1. The van der Waals surface area contributed by atoms with Crippen molar-refractivity contribution in [3.8, 4) is 0 Å². The Morgan fingerprint density at radius 1 is 1.19 bits per heavy atom. The highest BCUT2D eigenvalue weighted by atomic mass is 35.5. The summed E-state index contributed by atoms with van der Waals surface area (Å²) < 4.78 is 5.08. The van der Waals surface area contributed by atoms with Gasteiger partial charge in [0.05, 0.1) is 15.5 Å². The maximum Gasteiger partial charge on any atom is 0.338 e. The minimum absolute atomic E-state index is 0.0213. The minimum Gasteiger partial charge on any atom is -0.457 e. The zero-order valence-electron chi connectivity index (χ0n) is 10.6. The van der Waals surface area contributed by atoms with E-state index in [2.05, 4.69) is 0 Å². The highest BCUT2D eigenvalue weighted by molar-refractivity contribution is 6.43. The van der Waals surface area contributed by atoms with Crippen molar-refractivity contribution in [2.45, 2.75) is 6.61 Å². The molecular formula is C14H9Cl2NO4. The third-order valence-electron chi connectivity index (χ3n) is 2.65. The number of hydrogen-bond donors (Lipinski definition) is 0. The average molecular weight is 326 g/mol. The van der Waals surface area contributed by atoms with Crippen molar-refractivity contribution < 1.29 is 14.5 Å². The van der Waals surface area contributed by atoms with Crippen LogP contribution in [-0.4, -0.2) is 10.9 Å². The number of nitrogens with zero attached hydrogens (tertiary/aromatic N) is 1. The van der Waals surface area contributed by atoms with Gasteiger partial charge in [-0.1, -0.05) is 53.5 Å². The monoisotopic (exact) mass is 325 g/mol. The molecule has 0 radical (unpaired) electrons. The maximum atomic E-state index is 11.9. The van der Waals surface area contributed by atoms with E-state index in [-0.39, 0.29) is 22.2 Å². The van der Waals surface area contributed by atoms with E-state index in [1.165, 1.54) is 6.07 Å². The minimum atomic E-state index is -0.708. The average Bonchev–Trinajstić information content (AvgIpc) is 2.48. The van der Waals surface area contributed by atoms with Crippen LogP contribution < -0.4 is 0 Å². The fraction of sp³-hybridized carbons (Fsp3) is 0.0714. The lowest BCUT2D eigenvalue weighted by atomic mass is 10.2. The molecule has 0 bridgehead atoms. The lowest BCUT2D eigenvalue weighted by Gasteiger charge is -2.06. The fourth-order valence-electron chi connectivity index (χ4n) is 1.63. The molecule has 7 heteroatoms. The van der Waals surface area contributed by atoms with Gasteiger partial charge in [0.15, 0.2) is 0 Å². The van der Waals surface area contributed by atoms with Crippen molar-refractivity contribution in [2.75, 3.05) is 0 Å². The highest BCUT2D eigenvalue weighted by Crippen LogP contribution is 2.33. The zero-order valence-corrected chi connectivity index (χ0v) is 12.1. The Bertz CT molecular complexity index is 689. The number of halogens is 2. The van der Waals surface area contributed by atoms with Crippen molar-refractivity contribution in [1.29, 1.82) is 0 Å². The van der Waals surface area contributed by atoms with Gasteiger partial charge < -0.3 is 4.74 Å². The summed E-state index contributed by atoms with van der Waals surface area (Å²) in [6.07, 6.45) is 0. The molecular weight excluding hydrogens is 317 g/mol. The second-order valence-electron chi connectivity index (χ2n) is 4.11. The van der Waals surface area contributed by atoms with Crippen LogP contribution in [0.5, 0.6) is 0 Å². The van der Waals surface area contributed by atoms with Gasteiger partial charge in [-0.2, -0.15) is 0 Å². The van der Waals surface area contributed by atoms with Crippen molar-refractivity contribution >= 4 is 34.9 Å². The molecule has 0 aliphatic carbocycles. The molecule has 0 spiro atoms. The molecule has 0 aliphatic rings. The van der Waals surface area contributed by atoms with Gasteiger partial charge in [0.2, 0.25) is 0 Å². The Hall–Kier alpha value is -2.11. The third-order valence-corrected chi connectivity index (χ3v) is 3.45. The van der Waals surface area contributed by atoms with Crippen LogP contribution in [0.2, 0.25) is 10.0 Å². The Labute approximate surface area is 130 Å². The third kappa shape index (κ3) is 3.71. The number of benzene rings is 2. The Morgan fingerprint density at radius 3 is 2.48 bits per heavy atom. The van der Waals surface area contributed by atoms with Gasteiger partial charge in [-0.05, 0) is 11.6 Å². The van der Waals surface area contributed by atoms with Crippen molar-refractivity contribution in [1.82, 2.24) is 0 Å². The van der Waals surface area contributed by atoms with Crippen LogP contribution >= 0.6 is 23.2 Å². The summed E-state index contributed by atoms with van der Waals surface area (Å²) in [5.41, 5.74) is 0.350. The quantitative estimate of drug-likeness (QED) is 0.478. The normalized spacial score (nSPS) is 10.2. The molecule has 0 aliphatic heterocycles. The number of nitro groups is 1. The second kappa shape index (κ2) is 6.56. The molecule has 0 aromatic heterocycles. The SMILES string of the molecule is O=C(OCc1ccccc1)c1cc(Cl)c(Cl)c([N+](=O)[O-])c1. The highest BCUT2D eigenvalue weighted by Gasteiger charge is 2.20. The van der Waals surface area contributed by atoms with E-state index < -0.39 is 16.6 Å². The number of rotatable bonds is 4. The molecule has 0 saturated carbocycles. The molecule has 2 aromatic rings. The summed E-state index contributed by atoms with van der Waals surface area (Å²) in [6.45, 7) is 0.0632. The number of carbonyl (C=O) groups excluding carboxylic acids is 1. The van der Waals surface area contributed by atoms with Crippen LogP contribution in [0.1, 0.15) is 15.9 Å². The van der Waals surface area contributed by atoms with E-state index in [0.717, 1.165) is 11.6 Å². The van der Waals surface area contributed by atoms with Crippen molar-refractivity contribution in [3.05, 3.63) is 73.8 Å².